The van der Waals surface area contributed by atoms with Crippen LogP contribution >= 0.6 is 27.7 Å². The zero-order chi connectivity index (χ0) is 15.6. The normalized spacial score (nSPS) is 11.9. The Labute approximate surface area is 132 Å². The van der Waals surface area contributed by atoms with Crippen molar-refractivity contribution < 1.29 is 17.2 Å². The highest BCUT2D eigenvalue weighted by atomic mass is 79.9. The minimum absolute atomic E-state index is 0.0855. The summed E-state index contributed by atoms with van der Waals surface area (Å²) in [5.41, 5.74) is 0.252. The first-order valence-electron chi connectivity index (χ1n) is 5.42. The van der Waals surface area contributed by atoms with Crippen LogP contribution in [0.25, 0.3) is 0 Å². The molecule has 2 rings (SSSR count). The highest BCUT2D eigenvalue weighted by molar-refractivity contribution is 9.10. The third-order valence-corrected chi connectivity index (χ3v) is 5.31. The van der Waals surface area contributed by atoms with E-state index in [0.717, 1.165) is 4.68 Å². The minimum Gasteiger partial charge on any atom is -0.278 e. The van der Waals surface area contributed by atoms with Gasteiger partial charge in [0.05, 0.1) is 0 Å². The summed E-state index contributed by atoms with van der Waals surface area (Å²) in [4.78, 5) is 0.344. The van der Waals surface area contributed by atoms with Crippen LogP contribution in [0.5, 0.6) is 0 Å². The van der Waals surface area contributed by atoms with E-state index in [1.165, 1.54) is 31.3 Å². The quantitative estimate of drug-likeness (QED) is 0.783. The second-order valence-electron chi connectivity index (χ2n) is 3.82. The van der Waals surface area contributed by atoms with E-state index in [0.29, 0.717) is 16.7 Å². The summed E-state index contributed by atoms with van der Waals surface area (Å²) < 4.78 is 52.3. The van der Waals surface area contributed by atoms with Crippen molar-refractivity contribution in [2.24, 2.45) is 7.05 Å². The van der Waals surface area contributed by atoms with Gasteiger partial charge in [0.2, 0.25) is 5.03 Å². The summed E-state index contributed by atoms with van der Waals surface area (Å²) in [6, 6.07) is 5.62. The Bertz CT molecular complexity index is 715. The first-order valence-corrected chi connectivity index (χ1v) is 8.58. The average molecular weight is 399 g/mol. The Hall–Kier alpha value is -1.20. The molecule has 1 N–H and O–H groups in total. The molecule has 2 aromatic rings. The minimum atomic E-state index is -3.88. The maximum absolute atomic E-state index is 12.2. The van der Waals surface area contributed by atoms with Gasteiger partial charge in [-0.05, 0) is 40.2 Å². The maximum Gasteiger partial charge on any atom is 0.288 e. The lowest BCUT2D eigenvalue weighted by Gasteiger charge is -2.08. The topological polar surface area (TPSA) is 76.9 Å². The summed E-state index contributed by atoms with van der Waals surface area (Å²) in [6.07, 6.45) is 0. The highest BCUT2D eigenvalue weighted by Crippen LogP contribution is 2.27. The van der Waals surface area contributed by atoms with Crippen molar-refractivity contribution in [2.75, 3.05) is 4.72 Å². The molecule has 0 spiro atoms. The lowest BCUT2D eigenvalue weighted by Crippen LogP contribution is -2.17. The van der Waals surface area contributed by atoms with Gasteiger partial charge >= 0.3 is 0 Å². The summed E-state index contributed by atoms with van der Waals surface area (Å²) in [5, 5.41) is 7.05. The van der Waals surface area contributed by atoms with E-state index < -0.39 is 15.8 Å². The lowest BCUT2D eigenvalue weighted by atomic mass is 10.3. The number of benzene rings is 1. The standard InChI is InChI=1S/C10H9BrF2N4O2S2/c1-17-9(8(11)14-16-17)21(18,19)15-6-2-4-7(5-3-6)20-10(12)13/h2-5,10,15H,1H3. The molecule has 0 aliphatic rings. The van der Waals surface area contributed by atoms with Crippen molar-refractivity contribution in [1.82, 2.24) is 15.0 Å². The molecule has 0 radical (unpaired) electrons. The molecule has 0 aliphatic heterocycles. The van der Waals surface area contributed by atoms with Crippen LogP contribution in [0.15, 0.2) is 38.8 Å². The van der Waals surface area contributed by atoms with Crippen LogP contribution in [0, 0.1) is 0 Å². The molecule has 0 amide bonds. The monoisotopic (exact) mass is 398 g/mol. The molecule has 1 heterocycles. The van der Waals surface area contributed by atoms with Gasteiger partial charge in [0.15, 0.2) is 4.60 Å². The summed E-state index contributed by atoms with van der Waals surface area (Å²) >= 11 is 3.39. The van der Waals surface area contributed by atoms with Gasteiger partial charge in [-0.25, -0.2) is 4.68 Å². The van der Waals surface area contributed by atoms with Crippen molar-refractivity contribution in [2.45, 2.75) is 15.7 Å². The molecule has 0 bridgehead atoms. The zero-order valence-corrected chi connectivity index (χ0v) is 13.7. The molecule has 114 valence electrons. The van der Waals surface area contributed by atoms with Gasteiger partial charge in [0.25, 0.3) is 15.8 Å². The third kappa shape index (κ3) is 3.92. The number of hydrogen-bond acceptors (Lipinski definition) is 5. The SMILES string of the molecule is Cn1nnc(Br)c1S(=O)(=O)Nc1ccc(SC(F)F)cc1. The molecule has 0 saturated carbocycles. The van der Waals surface area contributed by atoms with Crippen molar-refractivity contribution in [1.29, 1.82) is 0 Å². The number of aryl methyl sites for hydroxylation is 1. The number of halogens is 3. The number of nitrogens with one attached hydrogen (secondary N) is 1. The van der Waals surface area contributed by atoms with Gasteiger partial charge in [-0.2, -0.15) is 17.2 Å². The number of anilines is 1. The van der Waals surface area contributed by atoms with Crippen molar-refractivity contribution >= 4 is 43.4 Å². The van der Waals surface area contributed by atoms with Gasteiger partial charge in [-0.1, -0.05) is 17.0 Å². The van der Waals surface area contributed by atoms with Gasteiger partial charge in [-0.15, -0.1) is 5.10 Å². The molecule has 0 aliphatic carbocycles. The van der Waals surface area contributed by atoms with E-state index in [4.69, 9.17) is 0 Å². The van der Waals surface area contributed by atoms with Crippen molar-refractivity contribution in [3.8, 4) is 0 Å². The molecule has 21 heavy (non-hydrogen) atoms. The van der Waals surface area contributed by atoms with Crippen molar-refractivity contribution in [3.63, 3.8) is 0 Å². The predicted molar refractivity (Wildman–Crippen MR) is 77.8 cm³/mol. The molecule has 1 aromatic carbocycles. The number of thioether (sulfide) groups is 1. The van der Waals surface area contributed by atoms with E-state index in [-0.39, 0.29) is 15.3 Å². The van der Waals surface area contributed by atoms with Gasteiger partial charge < -0.3 is 0 Å². The van der Waals surface area contributed by atoms with Crippen LogP contribution in [0.4, 0.5) is 14.5 Å². The van der Waals surface area contributed by atoms with Crippen LogP contribution in [0.1, 0.15) is 0 Å². The average Bonchev–Trinajstić information content (AvgIpc) is 2.71. The van der Waals surface area contributed by atoms with Crippen molar-refractivity contribution in [3.05, 3.63) is 28.9 Å². The number of alkyl halides is 2. The smallest absolute Gasteiger partial charge is 0.278 e. The van der Waals surface area contributed by atoms with E-state index in [1.807, 2.05) is 0 Å². The Morgan fingerprint density at radius 1 is 1.33 bits per heavy atom. The first-order chi connectivity index (χ1) is 9.79. The Morgan fingerprint density at radius 3 is 2.43 bits per heavy atom. The zero-order valence-electron chi connectivity index (χ0n) is 10.5. The Balaban J connectivity index is 2.21. The van der Waals surface area contributed by atoms with Crippen LogP contribution in [-0.2, 0) is 17.1 Å². The summed E-state index contributed by atoms with van der Waals surface area (Å²) in [5.74, 6) is -2.52. The first kappa shape index (κ1) is 16.2. The second-order valence-corrected chi connectivity index (χ2v) is 7.23. The fourth-order valence-electron chi connectivity index (χ4n) is 1.52. The van der Waals surface area contributed by atoms with Crippen LogP contribution in [0.2, 0.25) is 0 Å². The number of nitrogens with zero attached hydrogens (tertiary/aromatic N) is 3. The third-order valence-electron chi connectivity index (χ3n) is 2.32. The maximum atomic E-state index is 12.2. The lowest BCUT2D eigenvalue weighted by molar-refractivity contribution is 0.252. The number of rotatable bonds is 5. The number of aromatic nitrogens is 3. The molecule has 0 atom stereocenters. The number of hydrogen-bond donors (Lipinski definition) is 1. The molecule has 6 nitrogen and oxygen atoms in total. The number of sulfonamides is 1. The van der Waals surface area contributed by atoms with Crippen LogP contribution in [-0.4, -0.2) is 29.2 Å². The van der Waals surface area contributed by atoms with Gasteiger partial charge in [-0.3, -0.25) is 4.72 Å². The Kier molecular flexibility index (Phi) is 4.84. The fraction of sp³-hybridized carbons (Fsp3) is 0.200. The van der Waals surface area contributed by atoms with Crippen LogP contribution in [0.3, 0.4) is 0 Å². The highest BCUT2D eigenvalue weighted by Gasteiger charge is 2.23. The largest absolute Gasteiger partial charge is 0.288 e. The van der Waals surface area contributed by atoms with E-state index in [2.05, 4.69) is 31.0 Å². The molecule has 0 saturated heterocycles. The van der Waals surface area contributed by atoms with E-state index in [9.17, 15) is 17.2 Å². The Morgan fingerprint density at radius 2 is 1.95 bits per heavy atom. The molecule has 1 aromatic heterocycles. The van der Waals surface area contributed by atoms with E-state index >= 15 is 0 Å². The summed E-state index contributed by atoms with van der Waals surface area (Å²) in [7, 11) is -2.44. The predicted octanol–water partition coefficient (Wildman–Crippen LogP) is 2.69. The summed E-state index contributed by atoms with van der Waals surface area (Å²) in [6.45, 7) is 0. The molecular weight excluding hydrogens is 390 g/mol. The second kappa shape index (κ2) is 6.28. The molecule has 0 fully saturated rings. The van der Waals surface area contributed by atoms with Gasteiger partial charge in [0, 0.05) is 17.6 Å². The van der Waals surface area contributed by atoms with E-state index in [1.54, 1.807) is 0 Å². The van der Waals surface area contributed by atoms with Crippen LogP contribution < -0.4 is 4.72 Å². The molecule has 0 unspecified atom stereocenters. The molecular formula is C10H9BrF2N4O2S2. The van der Waals surface area contributed by atoms with Gasteiger partial charge in [0.1, 0.15) is 0 Å². The fourth-order valence-corrected chi connectivity index (χ4v) is 4.17. The molecule has 11 heteroatoms.